The van der Waals surface area contributed by atoms with Crippen LogP contribution in [-0.4, -0.2) is 30.5 Å². The van der Waals surface area contributed by atoms with Gasteiger partial charge in [0.2, 0.25) is 0 Å². The number of rotatable bonds is 3. The van der Waals surface area contributed by atoms with Crippen molar-refractivity contribution in [2.45, 2.75) is 6.92 Å². The minimum Gasteiger partial charge on any atom is -0.351 e. The topological polar surface area (TPSA) is 54.0 Å². The van der Waals surface area contributed by atoms with Gasteiger partial charge in [-0.25, -0.2) is 4.98 Å². The van der Waals surface area contributed by atoms with Crippen molar-refractivity contribution in [3.63, 3.8) is 0 Å². The maximum Gasteiger partial charge on any atom is 0.263 e. The first-order valence-electron chi connectivity index (χ1n) is 4.66. The van der Waals surface area contributed by atoms with Gasteiger partial charge in [-0.2, -0.15) is 0 Å². The van der Waals surface area contributed by atoms with Crippen LogP contribution in [0.15, 0.2) is 5.51 Å². The Morgan fingerprint density at radius 2 is 2.57 bits per heavy atom. The van der Waals surface area contributed by atoms with E-state index in [4.69, 9.17) is 0 Å². The number of carbonyl (C=O) groups is 1. The number of amides is 1. The zero-order chi connectivity index (χ0) is 9.97. The molecular formula is C9H13N3OS. The second-order valence-corrected chi connectivity index (χ2v) is 4.36. The summed E-state index contributed by atoms with van der Waals surface area (Å²) in [6.07, 6.45) is 0. The molecule has 0 radical (unpaired) electrons. The van der Waals surface area contributed by atoms with Crippen LogP contribution in [-0.2, 0) is 0 Å². The molecule has 1 fully saturated rings. The summed E-state index contributed by atoms with van der Waals surface area (Å²) < 4.78 is 0. The summed E-state index contributed by atoms with van der Waals surface area (Å²) >= 11 is 1.40. The lowest BCUT2D eigenvalue weighted by atomic mass is 10.0. The van der Waals surface area contributed by atoms with Gasteiger partial charge < -0.3 is 10.6 Å². The van der Waals surface area contributed by atoms with E-state index in [0.717, 1.165) is 30.2 Å². The molecule has 4 nitrogen and oxygen atoms in total. The molecular weight excluding hydrogens is 198 g/mol. The Bertz CT molecular complexity index is 333. The van der Waals surface area contributed by atoms with Gasteiger partial charge in [-0.3, -0.25) is 4.79 Å². The van der Waals surface area contributed by atoms with Crippen LogP contribution in [0.25, 0.3) is 0 Å². The second kappa shape index (κ2) is 4.06. The third-order valence-corrected chi connectivity index (χ3v) is 3.30. The largest absolute Gasteiger partial charge is 0.351 e. The van der Waals surface area contributed by atoms with Crippen LogP contribution in [0.2, 0.25) is 0 Å². The van der Waals surface area contributed by atoms with E-state index in [-0.39, 0.29) is 5.91 Å². The highest BCUT2D eigenvalue weighted by atomic mass is 32.1. The number of aryl methyl sites for hydroxylation is 1. The zero-order valence-electron chi connectivity index (χ0n) is 8.04. The lowest BCUT2D eigenvalue weighted by molar-refractivity contribution is 0.0945. The monoisotopic (exact) mass is 211 g/mol. The number of aromatic nitrogens is 1. The van der Waals surface area contributed by atoms with E-state index in [9.17, 15) is 4.79 Å². The summed E-state index contributed by atoms with van der Waals surface area (Å²) in [6, 6.07) is 0. The standard InChI is InChI=1S/C9H13N3OS/c1-6-8(14-5-12-6)9(13)11-4-7-2-10-3-7/h5,7,10H,2-4H2,1H3,(H,11,13). The van der Waals surface area contributed by atoms with Gasteiger partial charge in [-0.1, -0.05) is 0 Å². The van der Waals surface area contributed by atoms with Gasteiger partial charge in [0.05, 0.1) is 11.2 Å². The van der Waals surface area contributed by atoms with Gasteiger partial charge in [0.1, 0.15) is 4.88 Å². The number of nitrogens with zero attached hydrogens (tertiary/aromatic N) is 1. The molecule has 1 saturated heterocycles. The van der Waals surface area contributed by atoms with Crippen molar-refractivity contribution in [1.82, 2.24) is 15.6 Å². The maximum atomic E-state index is 11.6. The van der Waals surface area contributed by atoms with Gasteiger partial charge in [-0.15, -0.1) is 11.3 Å². The molecule has 1 amide bonds. The van der Waals surface area contributed by atoms with Crippen LogP contribution < -0.4 is 10.6 Å². The fraction of sp³-hybridized carbons (Fsp3) is 0.556. The Morgan fingerprint density at radius 1 is 1.79 bits per heavy atom. The fourth-order valence-electron chi connectivity index (χ4n) is 1.33. The summed E-state index contributed by atoms with van der Waals surface area (Å²) in [4.78, 5) is 16.4. The summed E-state index contributed by atoms with van der Waals surface area (Å²) in [5.41, 5.74) is 2.52. The van der Waals surface area contributed by atoms with Gasteiger partial charge >= 0.3 is 0 Å². The molecule has 5 heteroatoms. The SMILES string of the molecule is Cc1ncsc1C(=O)NCC1CNC1. The van der Waals surface area contributed by atoms with Crippen LogP contribution in [0.3, 0.4) is 0 Å². The lowest BCUT2D eigenvalue weighted by Crippen LogP contribution is -2.48. The van der Waals surface area contributed by atoms with Crippen molar-refractivity contribution in [1.29, 1.82) is 0 Å². The van der Waals surface area contributed by atoms with Crippen molar-refractivity contribution in [3.8, 4) is 0 Å². The van der Waals surface area contributed by atoms with E-state index in [1.54, 1.807) is 5.51 Å². The van der Waals surface area contributed by atoms with E-state index in [1.807, 2.05) is 6.92 Å². The van der Waals surface area contributed by atoms with Crippen molar-refractivity contribution in [2.75, 3.05) is 19.6 Å². The second-order valence-electron chi connectivity index (χ2n) is 3.50. The summed E-state index contributed by atoms with van der Waals surface area (Å²) in [5.74, 6) is 0.615. The molecule has 0 aromatic carbocycles. The fourth-order valence-corrected chi connectivity index (χ4v) is 2.05. The zero-order valence-corrected chi connectivity index (χ0v) is 8.86. The van der Waals surface area contributed by atoms with Crippen LogP contribution in [0, 0.1) is 12.8 Å². The minimum absolute atomic E-state index is 0.0110. The molecule has 0 spiro atoms. The smallest absolute Gasteiger partial charge is 0.263 e. The van der Waals surface area contributed by atoms with Gasteiger partial charge in [0.15, 0.2) is 0 Å². The van der Waals surface area contributed by atoms with Gasteiger partial charge in [-0.05, 0) is 6.92 Å². The highest BCUT2D eigenvalue weighted by molar-refractivity contribution is 7.11. The third kappa shape index (κ3) is 1.93. The van der Waals surface area contributed by atoms with Gasteiger partial charge in [0, 0.05) is 25.6 Å². The number of hydrogen-bond donors (Lipinski definition) is 2. The molecule has 0 aliphatic carbocycles. The summed E-state index contributed by atoms with van der Waals surface area (Å²) in [7, 11) is 0. The van der Waals surface area contributed by atoms with Crippen LogP contribution in [0.4, 0.5) is 0 Å². The predicted molar refractivity (Wildman–Crippen MR) is 55.5 cm³/mol. The highest BCUT2D eigenvalue weighted by Crippen LogP contribution is 2.11. The van der Waals surface area contributed by atoms with Crippen molar-refractivity contribution >= 4 is 17.2 Å². The molecule has 1 aromatic rings. The Kier molecular flexibility index (Phi) is 2.79. The molecule has 14 heavy (non-hydrogen) atoms. The molecule has 2 N–H and O–H groups in total. The van der Waals surface area contributed by atoms with Gasteiger partial charge in [0.25, 0.3) is 5.91 Å². The van der Waals surface area contributed by atoms with E-state index in [2.05, 4.69) is 15.6 Å². The molecule has 1 aromatic heterocycles. The number of thiazole rings is 1. The number of carbonyl (C=O) groups excluding carboxylic acids is 1. The molecule has 0 bridgehead atoms. The molecule has 0 unspecified atom stereocenters. The molecule has 76 valence electrons. The Labute approximate surface area is 86.7 Å². The normalized spacial score (nSPS) is 16.4. The number of nitrogens with one attached hydrogen (secondary N) is 2. The van der Waals surface area contributed by atoms with E-state index in [0.29, 0.717) is 5.92 Å². The van der Waals surface area contributed by atoms with Crippen LogP contribution in [0.1, 0.15) is 15.4 Å². The first kappa shape index (κ1) is 9.61. The van der Waals surface area contributed by atoms with Crippen LogP contribution in [0.5, 0.6) is 0 Å². The van der Waals surface area contributed by atoms with E-state index < -0.39 is 0 Å². The van der Waals surface area contributed by atoms with E-state index >= 15 is 0 Å². The first-order chi connectivity index (χ1) is 6.77. The number of hydrogen-bond acceptors (Lipinski definition) is 4. The molecule has 2 heterocycles. The lowest BCUT2D eigenvalue weighted by Gasteiger charge is -2.26. The minimum atomic E-state index is 0.0110. The Balaban J connectivity index is 1.86. The highest BCUT2D eigenvalue weighted by Gasteiger charge is 2.18. The third-order valence-electron chi connectivity index (χ3n) is 2.37. The Morgan fingerprint density at radius 3 is 3.07 bits per heavy atom. The van der Waals surface area contributed by atoms with Crippen molar-refractivity contribution < 1.29 is 4.79 Å². The van der Waals surface area contributed by atoms with Crippen molar-refractivity contribution in [2.24, 2.45) is 5.92 Å². The Hall–Kier alpha value is -0.940. The average Bonchev–Trinajstić information content (AvgIpc) is 2.48. The van der Waals surface area contributed by atoms with E-state index in [1.165, 1.54) is 11.3 Å². The van der Waals surface area contributed by atoms with Crippen molar-refractivity contribution in [3.05, 3.63) is 16.1 Å². The maximum absolute atomic E-state index is 11.6. The summed E-state index contributed by atoms with van der Waals surface area (Å²) in [6.45, 7) is 4.66. The predicted octanol–water partition coefficient (Wildman–Crippen LogP) is 0.401. The molecule has 0 saturated carbocycles. The summed E-state index contributed by atoms with van der Waals surface area (Å²) in [5, 5.41) is 6.09. The average molecular weight is 211 g/mol. The van der Waals surface area contributed by atoms with Crippen LogP contribution >= 0.6 is 11.3 Å². The quantitative estimate of drug-likeness (QED) is 0.761. The molecule has 0 atom stereocenters. The molecule has 2 rings (SSSR count). The molecule has 1 aliphatic heterocycles. The first-order valence-corrected chi connectivity index (χ1v) is 5.54. The molecule has 1 aliphatic rings.